The topological polar surface area (TPSA) is 75.1 Å². The molecule has 0 spiro atoms. The summed E-state index contributed by atoms with van der Waals surface area (Å²) in [6.45, 7) is 2.44. The molecule has 2 rings (SSSR count). The van der Waals surface area contributed by atoms with Crippen LogP contribution in [0.5, 0.6) is 0 Å². The molecule has 1 aromatic rings. The normalized spacial score (nSPS) is 15.2. The number of nitrogens with one attached hydrogen (secondary N) is 1. The van der Waals surface area contributed by atoms with E-state index in [4.69, 9.17) is 5.11 Å². The van der Waals surface area contributed by atoms with Gasteiger partial charge in [-0.25, -0.2) is 9.97 Å². The van der Waals surface area contributed by atoms with Crippen LogP contribution in [0.15, 0.2) is 6.33 Å². The second kappa shape index (κ2) is 5.80. The molecule has 0 saturated carbocycles. The van der Waals surface area contributed by atoms with E-state index in [-0.39, 0.29) is 5.92 Å². The maximum atomic E-state index is 11.1. The smallest absolute Gasteiger partial charge is 0.308 e. The second-order valence-electron chi connectivity index (χ2n) is 4.71. The number of carboxylic acid groups (broad SMARTS) is 1. The molecule has 0 fully saturated rings. The van der Waals surface area contributed by atoms with Crippen molar-refractivity contribution in [2.75, 3.05) is 11.9 Å². The lowest BCUT2D eigenvalue weighted by Crippen LogP contribution is -2.23. The lowest BCUT2D eigenvalue weighted by molar-refractivity contribution is -0.141. The SMILES string of the molecule is CCCC(CNc1ncnc2c1CCC2)C(=O)O. The van der Waals surface area contributed by atoms with Crippen LogP contribution in [0.25, 0.3) is 0 Å². The fourth-order valence-electron chi connectivity index (χ4n) is 2.39. The molecular weight excluding hydrogens is 230 g/mol. The third-order valence-corrected chi connectivity index (χ3v) is 3.38. The Bertz CT molecular complexity index is 434. The van der Waals surface area contributed by atoms with Crippen LogP contribution in [0.2, 0.25) is 0 Å². The van der Waals surface area contributed by atoms with E-state index in [0.29, 0.717) is 13.0 Å². The van der Waals surface area contributed by atoms with Gasteiger partial charge in [-0.3, -0.25) is 4.79 Å². The molecule has 2 N–H and O–H groups in total. The Morgan fingerprint density at radius 1 is 1.50 bits per heavy atom. The first-order chi connectivity index (χ1) is 8.72. The first-order valence-corrected chi connectivity index (χ1v) is 6.51. The summed E-state index contributed by atoms with van der Waals surface area (Å²) in [6.07, 6.45) is 6.23. The highest BCUT2D eigenvalue weighted by Gasteiger charge is 2.20. The summed E-state index contributed by atoms with van der Waals surface area (Å²) in [6, 6.07) is 0. The van der Waals surface area contributed by atoms with E-state index in [1.54, 1.807) is 6.33 Å². The molecule has 5 heteroatoms. The monoisotopic (exact) mass is 249 g/mol. The number of aliphatic carboxylic acids is 1. The molecule has 1 aliphatic carbocycles. The molecule has 0 aromatic carbocycles. The molecule has 0 bridgehead atoms. The predicted octanol–water partition coefficient (Wildman–Crippen LogP) is 1.88. The van der Waals surface area contributed by atoms with E-state index in [1.807, 2.05) is 6.92 Å². The molecule has 5 nitrogen and oxygen atoms in total. The minimum atomic E-state index is -0.741. The van der Waals surface area contributed by atoms with E-state index in [0.717, 1.165) is 42.8 Å². The van der Waals surface area contributed by atoms with Crippen LogP contribution in [-0.4, -0.2) is 27.6 Å². The highest BCUT2D eigenvalue weighted by atomic mass is 16.4. The van der Waals surface area contributed by atoms with E-state index in [2.05, 4.69) is 15.3 Å². The summed E-state index contributed by atoms with van der Waals surface area (Å²) < 4.78 is 0. The average Bonchev–Trinajstić information content (AvgIpc) is 2.82. The van der Waals surface area contributed by atoms with Gasteiger partial charge in [0.2, 0.25) is 0 Å². The summed E-state index contributed by atoms with van der Waals surface area (Å²) in [5.74, 6) is -0.267. The average molecular weight is 249 g/mol. The Hall–Kier alpha value is -1.65. The highest BCUT2D eigenvalue weighted by molar-refractivity contribution is 5.70. The third-order valence-electron chi connectivity index (χ3n) is 3.38. The third kappa shape index (κ3) is 2.78. The summed E-state index contributed by atoms with van der Waals surface area (Å²) in [5, 5.41) is 12.3. The maximum Gasteiger partial charge on any atom is 0.308 e. The van der Waals surface area contributed by atoms with Crippen molar-refractivity contribution >= 4 is 11.8 Å². The van der Waals surface area contributed by atoms with E-state index in [1.165, 1.54) is 0 Å². The number of hydrogen-bond acceptors (Lipinski definition) is 4. The molecule has 98 valence electrons. The quantitative estimate of drug-likeness (QED) is 0.805. The van der Waals surface area contributed by atoms with E-state index < -0.39 is 5.97 Å². The van der Waals surface area contributed by atoms with Crippen molar-refractivity contribution in [3.05, 3.63) is 17.6 Å². The van der Waals surface area contributed by atoms with Gasteiger partial charge in [-0.1, -0.05) is 13.3 Å². The minimum Gasteiger partial charge on any atom is -0.481 e. The number of carbonyl (C=O) groups is 1. The van der Waals surface area contributed by atoms with Crippen molar-refractivity contribution in [2.24, 2.45) is 5.92 Å². The van der Waals surface area contributed by atoms with Gasteiger partial charge in [-0.15, -0.1) is 0 Å². The lowest BCUT2D eigenvalue weighted by Gasteiger charge is -2.14. The van der Waals surface area contributed by atoms with Gasteiger partial charge in [0, 0.05) is 17.8 Å². The van der Waals surface area contributed by atoms with E-state index >= 15 is 0 Å². The standard InChI is InChI=1S/C13H19N3O2/c1-2-4-9(13(17)18)7-14-12-10-5-3-6-11(10)15-8-16-12/h8-9H,2-7H2,1H3,(H,17,18)(H,14,15,16). The largest absolute Gasteiger partial charge is 0.481 e. The number of anilines is 1. The molecule has 1 unspecified atom stereocenters. The predicted molar refractivity (Wildman–Crippen MR) is 68.6 cm³/mol. The van der Waals surface area contributed by atoms with Gasteiger partial charge in [0.25, 0.3) is 0 Å². The van der Waals surface area contributed by atoms with Gasteiger partial charge in [-0.05, 0) is 25.7 Å². The number of carboxylic acids is 1. The van der Waals surface area contributed by atoms with Crippen LogP contribution in [0.1, 0.15) is 37.4 Å². The van der Waals surface area contributed by atoms with Gasteiger partial charge in [0.15, 0.2) is 0 Å². The zero-order chi connectivity index (χ0) is 13.0. The number of aromatic nitrogens is 2. The number of nitrogens with zero attached hydrogens (tertiary/aromatic N) is 2. The molecule has 0 amide bonds. The highest BCUT2D eigenvalue weighted by Crippen LogP contribution is 2.25. The zero-order valence-corrected chi connectivity index (χ0v) is 10.6. The van der Waals surface area contributed by atoms with Gasteiger partial charge >= 0.3 is 5.97 Å². The van der Waals surface area contributed by atoms with Crippen LogP contribution in [0.4, 0.5) is 5.82 Å². The second-order valence-corrected chi connectivity index (χ2v) is 4.71. The summed E-state index contributed by atoms with van der Waals surface area (Å²) in [7, 11) is 0. The number of rotatable bonds is 6. The summed E-state index contributed by atoms with van der Waals surface area (Å²) in [5.41, 5.74) is 2.27. The fraction of sp³-hybridized carbons (Fsp3) is 0.615. The Morgan fingerprint density at radius 3 is 3.06 bits per heavy atom. The first kappa shape index (κ1) is 12.8. The lowest BCUT2D eigenvalue weighted by atomic mass is 10.0. The van der Waals surface area contributed by atoms with Crippen molar-refractivity contribution in [3.8, 4) is 0 Å². The zero-order valence-electron chi connectivity index (χ0n) is 10.6. The van der Waals surface area contributed by atoms with Crippen molar-refractivity contribution in [2.45, 2.75) is 39.0 Å². The number of hydrogen-bond donors (Lipinski definition) is 2. The molecule has 1 heterocycles. The number of aryl methyl sites for hydroxylation is 1. The van der Waals surface area contributed by atoms with Gasteiger partial charge in [0.05, 0.1) is 5.92 Å². The van der Waals surface area contributed by atoms with Crippen molar-refractivity contribution < 1.29 is 9.90 Å². The van der Waals surface area contributed by atoms with Gasteiger partial charge in [-0.2, -0.15) is 0 Å². The van der Waals surface area contributed by atoms with Crippen molar-refractivity contribution in [1.82, 2.24) is 9.97 Å². The van der Waals surface area contributed by atoms with Crippen LogP contribution in [0.3, 0.4) is 0 Å². The Labute approximate surface area is 107 Å². The Kier molecular flexibility index (Phi) is 4.12. The molecule has 0 aliphatic heterocycles. The molecule has 0 saturated heterocycles. The van der Waals surface area contributed by atoms with Crippen LogP contribution < -0.4 is 5.32 Å². The summed E-state index contributed by atoms with van der Waals surface area (Å²) in [4.78, 5) is 19.5. The molecule has 18 heavy (non-hydrogen) atoms. The van der Waals surface area contributed by atoms with Crippen molar-refractivity contribution in [3.63, 3.8) is 0 Å². The van der Waals surface area contributed by atoms with Crippen LogP contribution >= 0.6 is 0 Å². The van der Waals surface area contributed by atoms with Crippen LogP contribution in [-0.2, 0) is 17.6 Å². The Morgan fingerprint density at radius 2 is 2.33 bits per heavy atom. The fourth-order valence-corrected chi connectivity index (χ4v) is 2.39. The molecule has 1 aromatic heterocycles. The molecular formula is C13H19N3O2. The summed E-state index contributed by atoms with van der Waals surface area (Å²) >= 11 is 0. The van der Waals surface area contributed by atoms with Gasteiger partial charge < -0.3 is 10.4 Å². The number of fused-ring (bicyclic) bond motifs is 1. The molecule has 1 aliphatic rings. The first-order valence-electron chi connectivity index (χ1n) is 6.51. The van der Waals surface area contributed by atoms with Crippen LogP contribution in [0, 0.1) is 5.92 Å². The van der Waals surface area contributed by atoms with Crippen molar-refractivity contribution in [1.29, 1.82) is 0 Å². The maximum absolute atomic E-state index is 11.1. The van der Waals surface area contributed by atoms with Gasteiger partial charge in [0.1, 0.15) is 12.1 Å². The molecule has 1 atom stereocenters. The molecule has 0 radical (unpaired) electrons. The Balaban J connectivity index is 2.01. The minimum absolute atomic E-state index is 0.345. The van der Waals surface area contributed by atoms with E-state index in [9.17, 15) is 4.79 Å².